The van der Waals surface area contributed by atoms with E-state index in [9.17, 15) is 19.2 Å². The number of hydrogen-bond acceptors (Lipinski definition) is 10. The number of rotatable bonds is 16. The summed E-state index contributed by atoms with van der Waals surface area (Å²) in [5.74, 6) is -1.87. The highest BCUT2D eigenvalue weighted by molar-refractivity contribution is 5.85. The molecule has 230 valence electrons. The molecule has 0 heterocycles. The van der Waals surface area contributed by atoms with Gasteiger partial charge in [0.1, 0.15) is 11.7 Å². The molecule has 0 aliphatic heterocycles. The van der Waals surface area contributed by atoms with Crippen LogP contribution in [-0.2, 0) is 28.5 Å². The Kier molecular flexibility index (Phi) is 30.6. The predicted octanol–water partition coefficient (Wildman–Crippen LogP) is 2.20. The number of carbonyl (C=O) groups is 4. The van der Waals surface area contributed by atoms with Crippen LogP contribution in [0.1, 0.15) is 60.3 Å². The first-order valence-corrected chi connectivity index (χ1v) is 12.0. The van der Waals surface area contributed by atoms with E-state index in [4.69, 9.17) is 50.8 Å². The standard InChI is InChI=1S/C11H22N2O4.C6H14O4.2C4H6O2/c1-8(16-9(12)14)6-4-5-7-11(2,3)17-10(13)15;7-1-3-9-5-6-10-4-2-8;2*1-3(2)4(5)6/h8H,4-7H2,1-3H3,(H2,12,14)(H2,13,15);7-8H,1-6H2;2*1H2,2H3,(H,5,6). The van der Waals surface area contributed by atoms with E-state index in [0.717, 1.165) is 19.3 Å². The fourth-order valence-electron chi connectivity index (χ4n) is 2.01. The highest BCUT2D eigenvalue weighted by atomic mass is 16.6. The normalized spacial score (nSPS) is 10.5. The zero-order chi connectivity index (χ0) is 31.4. The van der Waals surface area contributed by atoms with Gasteiger partial charge in [0.05, 0.1) is 39.6 Å². The van der Waals surface area contributed by atoms with E-state index in [-0.39, 0.29) is 30.5 Å². The molecular formula is C25H48N2O12. The van der Waals surface area contributed by atoms with Crippen LogP contribution in [0.25, 0.3) is 0 Å². The lowest BCUT2D eigenvalue weighted by Gasteiger charge is -2.24. The number of unbranched alkanes of at least 4 members (excludes halogenated alkanes) is 1. The van der Waals surface area contributed by atoms with Gasteiger partial charge in [-0.1, -0.05) is 13.2 Å². The van der Waals surface area contributed by atoms with Crippen molar-refractivity contribution in [1.29, 1.82) is 0 Å². The third-order valence-electron chi connectivity index (χ3n) is 3.91. The molecule has 0 aromatic heterocycles. The number of nitrogens with two attached hydrogens (primary N) is 2. The Balaban J connectivity index is -0.000000235. The largest absolute Gasteiger partial charge is 0.478 e. The topological polar surface area (TPSA) is 238 Å². The van der Waals surface area contributed by atoms with Gasteiger partial charge in [-0.25, -0.2) is 19.2 Å². The molecule has 1 unspecified atom stereocenters. The van der Waals surface area contributed by atoms with Gasteiger partial charge in [-0.05, 0) is 60.3 Å². The lowest BCUT2D eigenvalue weighted by molar-refractivity contribution is -0.133. The third-order valence-corrected chi connectivity index (χ3v) is 3.91. The van der Waals surface area contributed by atoms with Crippen LogP contribution in [0.3, 0.4) is 0 Å². The highest BCUT2D eigenvalue weighted by Gasteiger charge is 2.21. The molecule has 0 saturated heterocycles. The molecule has 8 N–H and O–H groups in total. The number of amides is 2. The minimum absolute atomic E-state index is 0.0417. The average Bonchev–Trinajstić information content (AvgIpc) is 2.79. The van der Waals surface area contributed by atoms with Crippen molar-refractivity contribution >= 4 is 24.1 Å². The maximum Gasteiger partial charge on any atom is 0.405 e. The Morgan fingerprint density at radius 3 is 1.46 bits per heavy atom. The lowest BCUT2D eigenvalue weighted by Crippen LogP contribution is -2.31. The second kappa shape index (κ2) is 27.8. The molecule has 0 aliphatic rings. The smallest absolute Gasteiger partial charge is 0.405 e. The van der Waals surface area contributed by atoms with Crippen LogP contribution in [0.4, 0.5) is 9.59 Å². The fourth-order valence-corrected chi connectivity index (χ4v) is 2.01. The molecule has 14 nitrogen and oxygen atoms in total. The maximum absolute atomic E-state index is 10.6. The van der Waals surface area contributed by atoms with E-state index >= 15 is 0 Å². The van der Waals surface area contributed by atoms with Gasteiger partial charge in [-0.3, -0.25) is 0 Å². The minimum atomic E-state index is -0.935. The number of carbonyl (C=O) groups excluding carboxylic acids is 2. The van der Waals surface area contributed by atoms with E-state index < -0.39 is 29.7 Å². The summed E-state index contributed by atoms with van der Waals surface area (Å²) in [5, 5.41) is 32.3. The number of hydrogen-bond donors (Lipinski definition) is 6. The number of carboxylic acid groups (broad SMARTS) is 2. The Morgan fingerprint density at radius 2 is 1.18 bits per heavy atom. The lowest BCUT2D eigenvalue weighted by atomic mass is 9.99. The first kappa shape index (κ1) is 42.9. The van der Waals surface area contributed by atoms with Gasteiger partial charge in [0.15, 0.2) is 0 Å². The molecule has 1 atom stereocenters. The van der Waals surface area contributed by atoms with Crippen molar-refractivity contribution in [3.8, 4) is 0 Å². The van der Waals surface area contributed by atoms with Crippen LogP contribution in [0, 0.1) is 0 Å². The van der Waals surface area contributed by atoms with Crippen molar-refractivity contribution in [3.63, 3.8) is 0 Å². The summed E-state index contributed by atoms with van der Waals surface area (Å²) >= 11 is 0. The number of aliphatic hydroxyl groups excluding tert-OH is 2. The van der Waals surface area contributed by atoms with Crippen LogP contribution in [0.5, 0.6) is 0 Å². The molecule has 2 amide bonds. The number of aliphatic carboxylic acids is 2. The summed E-state index contributed by atoms with van der Waals surface area (Å²) in [6, 6.07) is 0. The van der Waals surface area contributed by atoms with Crippen molar-refractivity contribution in [1.82, 2.24) is 0 Å². The summed E-state index contributed by atoms with van der Waals surface area (Å²) in [6.07, 6.45) is 1.45. The Morgan fingerprint density at radius 1 is 0.795 bits per heavy atom. The van der Waals surface area contributed by atoms with Crippen LogP contribution in [0.2, 0.25) is 0 Å². The molecule has 0 radical (unpaired) electrons. The summed E-state index contributed by atoms with van der Waals surface area (Å²) in [6.45, 7) is 16.3. The zero-order valence-electron chi connectivity index (χ0n) is 23.8. The van der Waals surface area contributed by atoms with Crippen molar-refractivity contribution in [2.75, 3.05) is 39.6 Å². The first-order chi connectivity index (χ1) is 17.9. The van der Waals surface area contributed by atoms with Crippen molar-refractivity contribution in [2.45, 2.75) is 72.0 Å². The van der Waals surface area contributed by atoms with Crippen LogP contribution in [-0.4, -0.2) is 95.9 Å². The molecule has 0 fully saturated rings. The maximum atomic E-state index is 10.6. The van der Waals surface area contributed by atoms with Gasteiger partial charge in [-0.2, -0.15) is 0 Å². The summed E-state index contributed by atoms with van der Waals surface area (Å²) in [4.78, 5) is 40.3. The van der Waals surface area contributed by atoms with Crippen LogP contribution >= 0.6 is 0 Å². The number of aliphatic hydroxyl groups is 2. The molecule has 0 aliphatic carbocycles. The third kappa shape index (κ3) is 45.1. The predicted molar refractivity (Wildman–Crippen MR) is 144 cm³/mol. The average molecular weight is 569 g/mol. The number of primary amides is 2. The van der Waals surface area contributed by atoms with Crippen molar-refractivity contribution in [3.05, 3.63) is 24.3 Å². The van der Waals surface area contributed by atoms with E-state index in [1.807, 2.05) is 0 Å². The molecule has 0 spiro atoms. The molecule has 39 heavy (non-hydrogen) atoms. The van der Waals surface area contributed by atoms with Gasteiger partial charge < -0.3 is 50.8 Å². The summed E-state index contributed by atoms with van der Waals surface area (Å²) in [5.41, 5.74) is 9.64. The molecule has 0 aromatic carbocycles. The van der Waals surface area contributed by atoms with Gasteiger partial charge in [-0.15, -0.1) is 0 Å². The molecule has 0 aromatic rings. The summed E-state index contributed by atoms with van der Waals surface area (Å²) in [7, 11) is 0. The Bertz CT molecular complexity index is 655. The second-order valence-corrected chi connectivity index (χ2v) is 8.52. The van der Waals surface area contributed by atoms with Crippen molar-refractivity contribution < 1.29 is 58.6 Å². The van der Waals surface area contributed by atoms with Crippen molar-refractivity contribution in [2.24, 2.45) is 11.5 Å². The summed E-state index contributed by atoms with van der Waals surface area (Å²) < 4.78 is 19.5. The highest BCUT2D eigenvalue weighted by Crippen LogP contribution is 2.19. The van der Waals surface area contributed by atoms with Crippen LogP contribution < -0.4 is 11.5 Å². The quantitative estimate of drug-likeness (QED) is 0.116. The number of carboxylic acids is 2. The van der Waals surface area contributed by atoms with E-state index in [2.05, 4.69) is 13.2 Å². The minimum Gasteiger partial charge on any atom is -0.478 e. The molecule has 0 saturated carbocycles. The zero-order valence-corrected chi connectivity index (χ0v) is 23.8. The van der Waals surface area contributed by atoms with Gasteiger partial charge in [0.25, 0.3) is 0 Å². The Labute approximate surface area is 230 Å². The van der Waals surface area contributed by atoms with Gasteiger partial charge in [0.2, 0.25) is 0 Å². The molecular weight excluding hydrogens is 520 g/mol. The monoisotopic (exact) mass is 568 g/mol. The SMILES string of the molecule is C=C(C)C(=O)O.C=C(C)C(=O)O.CC(CCCCC(C)(C)OC(N)=O)OC(N)=O.OCCOCCOCCO. The number of ether oxygens (including phenoxy) is 4. The Hall–Kier alpha value is -3.20. The van der Waals surface area contributed by atoms with Crippen LogP contribution in [0.15, 0.2) is 24.3 Å². The fraction of sp³-hybridized carbons (Fsp3) is 0.680. The second-order valence-electron chi connectivity index (χ2n) is 8.52. The molecule has 0 rings (SSSR count). The molecule has 14 heteroatoms. The van der Waals surface area contributed by atoms with Gasteiger partial charge in [0, 0.05) is 11.1 Å². The van der Waals surface area contributed by atoms with E-state index in [1.165, 1.54) is 13.8 Å². The van der Waals surface area contributed by atoms with E-state index in [1.54, 1.807) is 20.8 Å². The first-order valence-electron chi connectivity index (χ1n) is 12.0. The molecule has 0 bridgehead atoms. The van der Waals surface area contributed by atoms with Gasteiger partial charge >= 0.3 is 24.1 Å². The van der Waals surface area contributed by atoms with E-state index in [0.29, 0.717) is 32.8 Å².